The van der Waals surface area contributed by atoms with Crippen molar-refractivity contribution in [1.29, 1.82) is 0 Å². The number of rotatable bonds is 6. The Kier molecular flexibility index (Phi) is 7.26. The fourth-order valence-electron chi connectivity index (χ4n) is 4.10. The number of thiazole rings is 1. The van der Waals surface area contributed by atoms with Crippen LogP contribution in [-0.4, -0.2) is 47.4 Å². The van der Waals surface area contributed by atoms with Crippen molar-refractivity contribution in [3.63, 3.8) is 0 Å². The second-order valence-corrected chi connectivity index (χ2v) is 10.9. The number of likely N-dealkylation sites (tertiary alicyclic amines) is 1. The topological polar surface area (TPSA) is 74.3 Å². The van der Waals surface area contributed by atoms with E-state index in [0.717, 1.165) is 46.9 Å². The van der Waals surface area contributed by atoms with Crippen LogP contribution >= 0.6 is 22.7 Å². The van der Waals surface area contributed by atoms with Gasteiger partial charge in [-0.25, -0.2) is 4.98 Å². The number of hydrogen-bond acceptors (Lipinski definition) is 6. The van der Waals surface area contributed by atoms with Crippen LogP contribution in [0.2, 0.25) is 0 Å². The molecule has 33 heavy (non-hydrogen) atoms. The molecule has 0 radical (unpaired) electrons. The molecule has 0 aliphatic carbocycles. The average molecular weight is 483 g/mol. The molecule has 2 aromatic heterocycles. The van der Waals surface area contributed by atoms with Gasteiger partial charge in [0.2, 0.25) is 5.91 Å². The lowest BCUT2D eigenvalue weighted by Gasteiger charge is -2.31. The van der Waals surface area contributed by atoms with E-state index in [9.17, 15) is 9.59 Å². The predicted molar refractivity (Wildman–Crippen MR) is 136 cm³/mol. The van der Waals surface area contributed by atoms with E-state index in [1.807, 2.05) is 24.4 Å². The second-order valence-electron chi connectivity index (χ2n) is 8.77. The highest BCUT2D eigenvalue weighted by molar-refractivity contribution is 7.14. The first-order chi connectivity index (χ1) is 15.8. The van der Waals surface area contributed by atoms with Crippen LogP contribution < -0.4 is 10.6 Å². The van der Waals surface area contributed by atoms with Gasteiger partial charge in [-0.3, -0.25) is 14.5 Å². The largest absolute Gasteiger partial charge is 0.349 e. The SMILES string of the molecule is Cc1ccc(C(=O)NC2CCN(CC(=O)Nc3nc(-c4cc(C)c(C)cc4C)cs3)CC2)s1. The lowest BCUT2D eigenvalue weighted by atomic mass is 9.99. The van der Waals surface area contributed by atoms with Crippen molar-refractivity contribution < 1.29 is 9.59 Å². The number of anilines is 1. The highest BCUT2D eigenvalue weighted by Crippen LogP contribution is 2.29. The molecule has 0 saturated carbocycles. The van der Waals surface area contributed by atoms with E-state index < -0.39 is 0 Å². The summed E-state index contributed by atoms with van der Waals surface area (Å²) in [4.78, 5) is 33.6. The Morgan fingerprint density at radius 2 is 1.79 bits per heavy atom. The minimum absolute atomic E-state index is 0.00266. The minimum atomic E-state index is -0.0516. The molecule has 1 aromatic carbocycles. The maximum atomic E-state index is 12.6. The molecule has 3 heterocycles. The molecule has 1 aliphatic rings. The number of hydrogen-bond donors (Lipinski definition) is 2. The number of aryl methyl sites for hydroxylation is 4. The molecule has 0 spiro atoms. The van der Waals surface area contributed by atoms with Crippen LogP contribution in [0.1, 0.15) is 44.1 Å². The third-order valence-electron chi connectivity index (χ3n) is 6.12. The van der Waals surface area contributed by atoms with Gasteiger partial charge in [0, 0.05) is 35.0 Å². The van der Waals surface area contributed by atoms with E-state index in [-0.39, 0.29) is 17.9 Å². The number of thiophene rings is 1. The van der Waals surface area contributed by atoms with Crippen molar-refractivity contribution in [2.75, 3.05) is 25.0 Å². The quantitative estimate of drug-likeness (QED) is 0.522. The van der Waals surface area contributed by atoms with Gasteiger partial charge in [0.15, 0.2) is 5.13 Å². The Morgan fingerprint density at radius 1 is 1.06 bits per heavy atom. The zero-order valence-corrected chi connectivity index (χ0v) is 21.2. The van der Waals surface area contributed by atoms with Crippen LogP contribution in [-0.2, 0) is 4.79 Å². The fourth-order valence-corrected chi connectivity index (χ4v) is 5.60. The standard InChI is InChI=1S/C25H30N4O2S2/c1-15-11-17(3)20(12-16(15)2)21-14-32-25(27-21)28-23(30)13-29-9-7-19(8-10-29)26-24(31)22-6-5-18(4)33-22/h5-6,11-12,14,19H,7-10,13H2,1-4H3,(H,26,31)(H,27,28,30). The zero-order chi connectivity index (χ0) is 23.5. The predicted octanol–water partition coefficient (Wildman–Crippen LogP) is 4.94. The highest BCUT2D eigenvalue weighted by atomic mass is 32.1. The first-order valence-electron chi connectivity index (χ1n) is 11.2. The monoisotopic (exact) mass is 482 g/mol. The van der Waals surface area contributed by atoms with E-state index in [0.29, 0.717) is 11.7 Å². The number of amides is 2. The van der Waals surface area contributed by atoms with E-state index in [1.165, 1.54) is 39.4 Å². The van der Waals surface area contributed by atoms with Crippen LogP contribution in [0.25, 0.3) is 11.3 Å². The van der Waals surface area contributed by atoms with Gasteiger partial charge in [0.1, 0.15) is 0 Å². The smallest absolute Gasteiger partial charge is 0.261 e. The molecule has 1 fully saturated rings. The number of carbonyl (C=O) groups is 2. The van der Waals surface area contributed by atoms with Gasteiger partial charge < -0.3 is 10.6 Å². The summed E-state index contributed by atoms with van der Waals surface area (Å²) in [6.45, 7) is 10.2. The van der Waals surface area contributed by atoms with E-state index in [1.54, 1.807) is 0 Å². The Balaban J connectivity index is 1.26. The van der Waals surface area contributed by atoms with Crippen molar-refractivity contribution in [3.8, 4) is 11.3 Å². The number of piperidine rings is 1. The Labute approximate surface area is 203 Å². The number of nitrogens with one attached hydrogen (secondary N) is 2. The lowest BCUT2D eigenvalue weighted by Crippen LogP contribution is -2.46. The van der Waals surface area contributed by atoms with Crippen molar-refractivity contribution in [2.45, 2.75) is 46.6 Å². The first-order valence-corrected chi connectivity index (χ1v) is 12.9. The molecular formula is C25H30N4O2S2. The summed E-state index contributed by atoms with van der Waals surface area (Å²) in [5.74, 6) is -0.0490. The van der Waals surface area contributed by atoms with Crippen LogP contribution in [0.3, 0.4) is 0 Å². The molecule has 2 amide bonds. The molecule has 6 nitrogen and oxygen atoms in total. The fraction of sp³-hybridized carbons (Fsp3) is 0.400. The molecule has 0 atom stereocenters. The van der Waals surface area contributed by atoms with E-state index in [2.05, 4.69) is 53.4 Å². The summed E-state index contributed by atoms with van der Waals surface area (Å²) < 4.78 is 0. The van der Waals surface area contributed by atoms with Gasteiger partial charge in [-0.05, 0) is 75.4 Å². The Morgan fingerprint density at radius 3 is 2.48 bits per heavy atom. The van der Waals surface area contributed by atoms with Crippen LogP contribution in [0.15, 0.2) is 29.6 Å². The van der Waals surface area contributed by atoms with Crippen LogP contribution in [0, 0.1) is 27.7 Å². The van der Waals surface area contributed by atoms with E-state index in [4.69, 9.17) is 0 Å². The third kappa shape index (κ3) is 5.88. The number of nitrogens with zero attached hydrogens (tertiary/aromatic N) is 2. The van der Waals surface area contributed by atoms with Gasteiger partial charge in [0.25, 0.3) is 5.91 Å². The Bertz CT molecular complexity index is 1160. The maximum Gasteiger partial charge on any atom is 0.261 e. The zero-order valence-electron chi connectivity index (χ0n) is 19.5. The molecule has 0 bridgehead atoms. The van der Waals surface area contributed by atoms with Crippen LogP contribution in [0.4, 0.5) is 5.13 Å². The van der Waals surface area contributed by atoms with Gasteiger partial charge in [0.05, 0.1) is 17.1 Å². The minimum Gasteiger partial charge on any atom is -0.349 e. The molecular weight excluding hydrogens is 452 g/mol. The van der Waals surface area contributed by atoms with Crippen molar-refractivity contribution in [2.24, 2.45) is 0 Å². The van der Waals surface area contributed by atoms with Crippen molar-refractivity contribution >= 4 is 39.6 Å². The van der Waals surface area contributed by atoms with Crippen LogP contribution in [0.5, 0.6) is 0 Å². The van der Waals surface area contributed by atoms with Gasteiger partial charge in [-0.2, -0.15) is 0 Å². The molecule has 8 heteroatoms. The molecule has 1 saturated heterocycles. The average Bonchev–Trinajstić information content (AvgIpc) is 3.41. The van der Waals surface area contributed by atoms with Gasteiger partial charge >= 0.3 is 0 Å². The third-order valence-corrected chi connectivity index (χ3v) is 7.88. The highest BCUT2D eigenvalue weighted by Gasteiger charge is 2.23. The maximum absolute atomic E-state index is 12.6. The summed E-state index contributed by atoms with van der Waals surface area (Å²) in [5, 5.41) is 8.70. The number of carbonyl (C=O) groups excluding carboxylic acids is 2. The van der Waals surface area contributed by atoms with Crippen molar-refractivity contribution in [1.82, 2.24) is 15.2 Å². The molecule has 2 N–H and O–H groups in total. The number of aromatic nitrogens is 1. The summed E-state index contributed by atoms with van der Waals surface area (Å²) in [6, 6.07) is 8.33. The first kappa shape index (κ1) is 23.6. The Hall–Kier alpha value is -2.55. The summed E-state index contributed by atoms with van der Waals surface area (Å²) in [5.41, 5.74) is 5.69. The second kappa shape index (κ2) is 10.2. The van der Waals surface area contributed by atoms with E-state index >= 15 is 0 Å². The lowest BCUT2D eigenvalue weighted by molar-refractivity contribution is -0.117. The molecule has 0 unspecified atom stereocenters. The summed E-state index contributed by atoms with van der Waals surface area (Å²) >= 11 is 2.97. The summed E-state index contributed by atoms with van der Waals surface area (Å²) in [6.07, 6.45) is 1.69. The van der Waals surface area contributed by atoms with Crippen molar-refractivity contribution in [3.05, 3.63) is 56.1 Å². The molecule has 1 aliphatic heterocycles. The molecule has 3 aromatic rings. The van der Waals surface area contributed by atoms with Gasteiger partial charge in [-0.15, -0.1) is 22.7 Å². The van der Waals surface area contributed by atoms with Gasteiger partial charge in [-0.1, -0.05) is 6.07 Å². The normalized spacial score (nSPS) is 14.9. The number of benzene rings is 1. The molecule has 4 rings (SSSR count). The molecule has 174 valence electrons. The summed E-state index contributed by atoms with van der Waals surface area (Å²) in [7, 11) is 0.